The number of benzene rings is 1. The van der Waals surface area contributed by atoms with E-state index in [0.717, 1.165) is 0 Å². The van der Waals surface area contributed by atoms with E-state index in [2.05, 4.69) is 9.72 Å². The van der Waals surface area contributed by atoms with Crippen molar-refractivity contribution in [3.63, 3.8) is 0 Å². The highest BCUT2D eigenvalue weighted by atomic mass is 32.1. The highest BCUT2D eigenvalue weighted by Gasteiger charge is 2.31. The van der Waals surface area contributed by atoms with Crippen molar-refractivity contribution in [2.75, 3.05) is 13.7 Å². The summed E-state index contributed by atoms with van der Waals surface area (Å²) in [4.78, 5) is 14.1. The van der Waals surface area contributed by atoms with Crippen LogP contribution in [0.15, 0.2) is 35.1 Å². The average molecular weight is 346 g/mol. The normalized spacial score (nSPS) is 11.5. The molecule has 0 fully saturated rings. The standard InChI is InChI=1S/C14H13F3N2O3S/c1-21-7-6-19-11(8-12(20)18-13(19)23)9-2-4-10(5-3-9)22-14(15,16)17/h2-5,8H,6-7H2,1H3,(H,18,20,23). The molecule has 0 unspecified atom stereocenters. The van der Waals surface area contributed by atoms with Gasteiger partial charge in [0.05, 0.1) is 12.3 Å². The molecule has 9 heteroatoms. The lowest BCUT2D eigenvalue weighted by Gasteiger charge is -2.14. The van der Waals surface area contributed by atoms with Crippen LogP contribution in [0.1, 0.15) is 0 Å². The van der Waals surface area contributed by atoms with E-state index in [1.807, 2.05) is 0 Å². The Kier molecular flexibility index (Phi) is 5.22. The van der Waals surface area contributed by atoms with Crippen LogP contribution in [-0.4, -0.2) is 29.6 Å². The van der Waals surface area contributed by atoms with E-state index < -0.39 is 11.9 Å². The van der Waals surface area contributed by atoms with Gasteiger partial charge in [0.1, 0.15) is 5.75 Å². The van der Waals surface area contributed by atoms with Crippen LogP contribution in [0.3, 0.4) is 0 Å². The van der Waals surface area contributed by atoms with Crippen LogP contribution in [-0.2, 0) is 11.3 Å². The number of hydrogen-bond donors (Lipinski definition) is 1. The molecule has 0 radical (unpaired) electrons. The lowest BCUT2D eigenvalue weighted by atomic mass is 10.1. The molecule has 0 saturated carbocycles. The molecular formula is C14H13F3N2O3S. The topological polar surface area (TPSA) is 56.2 Å². The minimum Gasteiger partial charge on any atom is -0.406 e. The van der Waals surface area contributed by atoms with E-state index in [-0.39, 0.29) is 10.5 Å². The van der Waals surface area contributed by atoms with Crippen LogP contribution in [0.4, 0.5) is 13.2 Å². The van der Waals surface area contributed by atoms with Crippen molar-refractivity contribution >= 4 is 12.2 Å². The van der Waals surface area contributed by atoms with Gasteiger partial charge in [-0.3, -0.25) is 9.78 Å². The van der Waals surface area contributed by atoms with Crippen LogP contribution in [0.5, 0.6) is 5.75 Å². The molecule has 0 amide bonds. The van der Waals surface area contributed by atoms with Gasteiger partial charge in [0.15, 0.2) is 4.77 Å². The number of hydrogen-bond acceptors (Lipinski definition) is 4. The van der Waals surface area contributed by atoms with Crippen molar-refractivity contribution in [2.45, 2.75) is 12.9 Å². The van der Waals surface area contributed by atoms with E-state index in [1.54, 1.807) is 4.57 Å². The molecule has 0 aliphatic heterocycles. The Balaban J connectivity index is 2.41. The zero-order valence-electron chi connectivity index (χ0n) is 12.0. The first-order chi connectivity index (χ1) is 10.8. The Morgan fingerprint density at radius 1 is 1.26 bits per heavy atom. The maximum absolute atomic E-state index is 12.2. The van der Waals surface area contributed by atoms with E-state index in [9.17, 15) is 18.0 Å². The fourth-order valence-corrected chi connectivity index (χ4v) is 2.28. The average Bonchev–Trinajstić information content (AvgIpc) is 2.45. The Morgan fingerprint density at radius 3 is 2.48 bits per heavy atom. The Labute approximate surface area is 134 Å². The van der Waals surface area contributed by atoms with Gasteiger partial charge in [0, 0.05) is 19.7 Å². The van der Waals surface area contributed by atoms with Crippen molar-refractivity contribution in [3.05, 3.63) is 45.5 Å². The number of rotatable bonds is 5. The van der Waals surface area contributed by atoms with Crippen molar-refractivity contribution in [2.24, 2.45) is 0 Å². The Hall–Kier alpha value is -2.13. The number of nitrogens with zero attached hydrogens (tertiary/aromatic N) is 1. The maximum Gasteiger partial charge on any atom is 0.573 e. The lowest BCUT2D eigenvalue weighted by Crippen LogP contribution is -2.17. The predicted octanol–water partition coefficient (Wildman–Crippen LogP) is 3.12. The first kappa shape index (κ1) is 17.2. The first-order valence-electron chi connectivity index (χ1n) is 6.49. The fraction of sp³-hybridized carbons (Fsp3) is 0.286. The molecule has 0 atom stereocenters. The fourth-order valence-electron chi connectivity index (χ4n) is 1.99. The minimum absolute atomic E-state index is 0.208. The highest BCUT2D eigenvalue weighted by molar-refractivity contribution is 7.71. The molecular weight excluding hydrogens is 333 g/mol. The van der Waals surface area contributed by atoms with Crippen molar-refractivity contribution < 1.29 is 22.6 Å². The third kappa shape index (κ3) is 4.67. The molecule has 1 aromatic heterocycles. The van der Waals surface area contributed by atoms with Gasteiger partial charge in [0.2, 0.25) is 0 Å². The second-order valence-electron chi connectivity index (χ2n) is 4.54. The number of ether oxygens (including phenoxy) is 2. The zero-order chi connectivity index (χ0) is 17.0. The summed E-state index contributed by atoms with van der Waals surface area (Å²) in [7, 11) is 1.53. The van der Waals surface area contributed by atoms with Crippen molar-refractivity contribution in [1.82, 2.24) is 9.55 Å². The molecule has 23 heavy (non-hydrogen) atoms. The molecule has 0 aliphatic carbocycles. The number of nitrogens with one attached hydrogen (secondary N) is 1. The van der Waals surface area contributed by atoms with Crippen LogP contribution < -0.4 is 10.3 Å². The second kappa shape index (κ2) is 6.97. The Bertz CT molecular complexity index is 782. The summed E-state index contributed by atoms with van der Waals surface area (Å²) in [5.74, 6) is -0.340. The van der Waals surface area contributed by atoms with Gasteiger partial charge in [-0.25, -0.2) is 0 Å². The molecule has 0 spiro atoms. The van der Waals surface area contributed by atoms with Crippen LogP contribution in [0.25, 0.3) is 11.3 Å². The zero-order valence-corrected chi connectivity index (χ0v) is 12.8. The largest absolute Gasteiger partial charge is 0.573 e. The highest BCUT2D eigenvalue weighted by Crippen LogP contribution is 2.26. The molecule has 5 nitrogen and oxygen atoms in total. The number of H-pyrrole nitrogens is 1. The van der Waals surface area contributed by atoms with E-state index in [4.69, 9.17) is 17.0 Å². The van der Waals surface area contributed by atoms with Gasteiger partial charge in [-0.15, -0.1) is 13.2 Å². The van der Waals surface area contributed by atoms with E-state index in [0.29, 0.717) is 24.4 Å². The third-order valence-electron chi connectivity index (χ3n) is 2.94. The summed E-state index contributed by atoms with van der Waals surface area (Å²) in [5.41, 5.74) is 0.622. The quantitative estimate of drug-likeness (QED) is 0.845. The number of aromatic nitrogens is 2. The lowest BCUT2D eigenvalue weighted by molar-refractivity contribution is -0.274. The molecule has 2 rings (SSSR count). The van der Waals surface area contributed by atoms with Gasteiger partial charge in [0.25, 0.3) is 5.56 Å². The molecule has 1 N–H and O–H groups in total. The van der Waals surface area contributed by atoms with Crippen LogP contribution in [0, 0.1) is 4.77 Å². The van der Waals surface area contributed by atoms with Gasteiger partial charge >= 0.3 is 6.36 Å². The SMILES string of the molecule is COCCn1c(-c2ccc(OC(F)(F)F)cc2)cc(=O)[nH]c1=S. The van der Waals surface area contributed by atoms with Crippen LogP contribution >= 0.6 is 12.2 Å². The van der Waals surface area contributed by atoms with E-state index in [1.165, 1.54) is 37.4 Å². The molecule has 124 valence electrons. The smallest absolute Gasteiger partial charge is 0.406 e. The Morgan fingerprint density at radius 2 is 1.91 bits per heavy atom. The summed E-state index contributed by atoms with van der Waals surface area (Å²) in [5, 5.41) is 0. The maximum atomic E-state index is 12.2. The van der Waals surface area contributed by atoms with E-state index >= 15 is 0 Å². The van der Waals surface area contributed by atoms with Gasteiger partial charge in [-0.1, -0.05) is 0 Å². The number of alkyl halides is 3. The monoisotopic (exact) mass is 346 g/mol. The third-order valence-corrected chi connectivity index (χ3v) is 3.26. The van der Waals surface area contributed by atoms with Crippen molar-refractivity contribution in [3.8, 4) is 17.0 Å². The molecule has 0 bridgehead atoms. The van der Waals surface area contributed by atoms with Crippen molar-refractivity contribution in [1.29, 1.82) is 0 Å². The summed E-state index contributed by atoms with van der Waals surface area (Å²) >= 11 is 5.12. The summed E-state index contributed by atoms with van der Waals surface area (Å²) in [6, 6.07) is 6.52. The number of halogens is 3. The molecule has 2 aromatic rings. The molecule has 1 heterocycles. The minimum atomic E-state index is -4.75. The van der Waals surface area contributed by atoms with Crippen LogP contribution in [0.2, 0.25) is 0 Å². The summed E-state index contributed by atoms with van der Waals surface area (Å²) in [6.45, 7) is 0.755. The molecule has 0 saturated heterocycles. The molecule has 1 aromatic carbocycles. The first-order valence-corrected chi connectivity index (χ1v) is 6.90. The predicted molar refractivity (Wildman–Crippen MR) is 79.9 cm³/mol. The summed E-state index contributed by atoms with van der Waals surface area (Å²) < 4.78 is 47.2. The number of methoxy groups -OCH3 is 1. The van der Waals surface area contributed by atoms with Gasteiger partial charge in [-0.2, -0.15) is 0 Å². The molecule has 0 aliphatic rings. The van der Waals surface area contributed by atoms with Gasteiger partial charge in [-0.05, 0) is 42.0 Å². The number of aromatic amines is 1. The van der Waals surface area contributed by atoms with Gasteiger partial charge < -0.3 is 14.0 Å². The summed E-state index contributed by atoms with van der Waals surface area (Å²) in [6.07, 6.45) is -4.75. The second-order valence-corrected chi connectivity index (χ2v) is 4.93.